The zero-order valence-electron chi connectivity index (χ0n) is 22.6. The molecule has 7 heteroatoms. The molecule has 1 spiro atoms. The molecule has 7 nitrogen and oxygen atoms in total. The van der Waals surface area contributed by atoms with E-state index in [-0.39, 0.29) is 17.5 Å². The Balaban J connectivity index is 1.55. The number of carbonyl (C=O) groups is 3. The zero-order valence-corrected chi connectivity index (χ0v) is 22.6. The number of rotatable bonds is 5. The topological polar surface area (TPSA) is 88.6 Å². The van der Waals surface area contributed by atoms with E-state index in [1.54, 1.807) is 55.9 Å². The standard InChI is InChI=1S/C34H27N3O4/c1-20-18-28-34(25-11-4-5-12-26(25)36-33(34)40)29(31(38)21-14-16-35-17-15-21)30(37(28)27-13-6-3-10-24(20)27)32(39)22-8-7-9-23(19-22)41-2/h3-19,28-30H,1-2H3,(H,36,40)/t28-,29-,30+,34+/m1/s1. The minimum absolute atomic E-state index is 0.252. The Morgan fingerprint density at radius 3 is 2.46 bits per heavy atom. The molecule has 3 aliphatic heterocycles. The van der Waals surface area contributed by atoms with Gasteiger partial charge in [0.15, 0.2) is 11.6 Å². The molecule has 0 saturated carbocycles. The number of carbonyl (C=O) groups excluding carboxylic acids is 3. The van der Waals surface area contributed by atoms with Crippen molar-refractivity contribution >= 4 is 34.4 Å². The smallest absolute Gasteiger partial charge is 0.238 e. The van der Waals surface area contributed by atoms with Crippen molar-refractivity contribution in [3.63, 3.8) is 0 Å². The monoisotopic (exact) mass is 541 g/mol. The molecule has 0 radical (unpaired) electrons. The van der Waals surface area contributed by atoms with Crippen molar-refractivity contribution in [3.05, 3.63) is 126 Å². The third-order valence-corrected chi connectivity index (χ3v) is 8.75. The molecular formula is C34H27N3O4. The Hall–Kier alpha value is -5.04. The lowest BCUT2D eigenvalue weighted by Crippen LogP contribution is -2.51. The molecule has 1 fully saturated rings. The molecule has 3 aliphatic rings. The number of nitrogens with zero attached hydrogens (tertiary/aromatic N) is 2. The van der Waals surface area contributed by atoms with Crippen LogP contribution in [0.1, 0.15) is 38.8 Å². The number of amides is 1. The number of Topliss-reactive ketones (excluding diaryl/α,β-unsaturated/α-hetero) is 2. The van der Waals surface area contributed by atoms with Crippen LogP contribution in [0.15, 0.2) is 103 Å². The van der Waals surface area contributed by atoms with Crippen molar-refractivity contribution < 1.29 is 19.1 Å². The van der Waals surface area contributed by atoms with E-state index in [4.69, 9.17) is 4.74 Å². The van der Waals surface area contributed by atoms with Crippen LogP contribution in [-0.4, -0.2) is 41.7 Å². The summed E-state index contributed by atoms with van der Waals surface area (Å²) in [7, 11) is 1.55. The Labute approximate surface area is 237 Å². The van der Waals surface area contributed by atoms with Crippen LogP contribution in [0.3, 0.4) is 0 Å². The van der Waals surface area contributed by atoms with Gasteiger partial charge in [-0.3, -0.25) is 19.4 Å². The first kappa shape index (κ1) is 25.0. The molecule has 1 N–H and O–H groups in total. The lowest BCUT2D eigenvalue weighted by Gasteiger charge is -2.39. The highest BCUT2D eigenvalue weighted by Gasteiger charge is 2.70. The normalized spacial score (nSPS) is 23.8. The van der Waals surface area contributed by atoms with Crippen molar-refractivity contribution in [2.75, 3.05) is 17.3 Å². The van der Waals surface area contributed by atoms with Crippen LogP contribution < -0.4 is 15.0 Å². The van der Waals surface area contributed by atoms with Gasteiger partial charge in [-0.2, -0.15) is 0 Å². The van der Waals surface area contributed by atoms with Crippen molar-refractivity contribution in [2.24, 2.45) is 5.92 Å². The van der Waals surface area contributed by atoms with Crippen LogP contribution >= 0.6 is 0 Å². The first-order valence-corrected chi connectivity index (χ1v) is 13.6. The Morgan fingerprint density at radius 2 is 1.66 bits per heavy atom. The summed E-state index contributed by atoms with van der Waals surface area (Å²) < 4.78 is 5.43. The molecule has 3 aromatic carbocycles. The predicted octanol–water partition coefficient (Wildman–Crippen LogP) is 5.34. The summed E-state index contributed by atoms with van der Waals surface area (Å²) in [5.74, 6) is -1.31. The van der Waals surface area contributed by atoms with Crippen molar-refractivity contribution in [2.45, 2.75) is 24.4 Å². The highest BCUT2D eigenvalue weighted by Crippen LogP contribution is 2.58. The molecule has 0 unspecified atom stereocenters. The van der Waals surface area contributed by atoms with Gasteiger partial charge in [-0.1, -0.05) is 54.6 Å². The third-order valence-electron chi connectivity index (χ3n) is 8.75. The summed E-state index contributed by atoms with van der Waals surface area (Å²) >= 11 is 0. The largest absolute Gasteiger partial charge is 0.497 e. The zero-order chi connectivity index (χ0) is 28.3. The number of hydrogen-bond acceptors (Lipinski definition) is 6. The SMILES string of the molecule is COc1cccc(C(=O)[C@@H]2[C@H](C(=O)c3ccncc3)[C@@]3(C(=O)Nc4ccccc43)[C@H]3C=C(C)c4ccccc4N23)c1. The molecule has 1 amide bonds. The quantitative estimate of drug-likeness (QED) is 0.344. The lowest BCUT2D eigenvalue weighted by molar-refractivity contribution is -0.121. The van der Waals surface area contributed by atoms with Gasteiger partial charge >= 0.3 is 0 Å². The average Bonchev–Trinajstić information content (AvgIpc) is 3.49. The van der Waals surface area contributed by atoms with Gasteiger partial charge in [-0.15, -0.1) is 0 Å². The van der Waals surface area contributed by atoms with Gasteiger partial charge in [-0.05, 0) is 54.5 Å². The van der Waals surface area contributed by atoms with E-state index in [1.165, 1.54) is 0 Å². The first-order valence-electron chi connectivity index (χ1n) is 13.6. The van der Waals surface area contributed by atoms with E-state index in [2.05, 4.69) is 16.4 Å². The summed E-state index contributed by atoms with van der Waals surface area (Å²) in [6, 6.07) is 24.1. The molecule has 1 saturated heterocycles. The maximum atomic E-state index is 14.8. The van der Waals surface area contributed by atoms with Crippen LogP contribution in [-0.2, 0) is 10.2 Å². The second kappa shape index (κ2) is 9.27. The highest BCUT2D eigenvalue weighted by molar-refractivity contribution is 6.18. The van der Waals surface area contributed by atoms with E-state index < -0.39 is 23.4 Å². The number of methoxy groups -OCH3 is 1. The molecule has 7 rings (SSSR count). The molecule has 202 valence electrons. The number of ketones is 2. The average molecular weight is 542 g/mol. The predicted molar refractivity (Wildman–Crippen MR) is 156 cm³/mol. The maximum absolute atomic E-state index is 14.8. The van der Waals surface area contributed by atoms with Gasteiger partial charge in [-0.25, -0.2) is 0 Å². The number of benzene rings is 3. The number of fused-ring (bicyclic) bond motifs is 6. The summed E-state index contributed by atoms with van der Waals surface area (Å²) in [5.41, 5.74) is 3.60. The lowest BCUT2D eigenvalue weighted by atomic mass is 9.64. The second-order valence-corrected chi connectivity index (χ2v) is 10.7. The number of para-hydroxylation sites is 2. The van der Waals surface area contributed by atoms with Crippen molar-refractivity contribution in [1.29, 1.82) is 0 Å². The number of aromatic nitrogens is 1. The van der Waals surface area contributed by atoms with Gasteiger partial charge in [0.05, 0.1) is 19.1 Å². The van der Waals surface area contributed by atoms with Crippen LogP contribution in [0.4, 0.5) is 11.4 Å². The molecule has 4 atom stereocenters. The number of hydrogen-bond donors (Lipinski definition) is 1. The number of ether oxygens (including phenoxy) is 1. The first-order chi connectivity index (χ1) is 20.0. The second-order valence-electron chi connectivity index (χ2n) is 10.7. The summed E-state index contributed by atoms with van der Waals surface area (Å²) in [6.07, 6.45) is 5.17. The van der Waals surface area contributed by atoms with Gasteiger partial charge in [0.1, 0.15) is 17.2 Å². The Bertz CT molecular complexity index is 1760. The minimum Gasteiger partial charge on any atom is -0.497 e. The Morgan fingerprint density at radius 1 is 0.902 bits per heavy atom. The van der Waals surface area contributed by atoms with E-state index in [0.717, 1.165) is 22.4 Å². The fourth-order valence-corrected chi connectivity index (χ4v) is 7.03. The van der Waals surface area contributed by atoms with Gasteiger partial charge < -0.3 is 15.0 Å². The van der Waals surface area contributed by atoms with Crippen LogP contribution in [0, 0.1) is 5.92 Å². The third kappa shape index (κ3) is 3.45. The van der Waals surface area contributed by atoms with E-state index in [0.29, 0.717) is 22.6 Å². The van der Waals surface area contributed by atoms with Crippen LogP contribution in [0.5, 0.6) is 5.75 Å². The summed E-state index contributed by atoms with van der Waals surface area (Å²) in [6.45, 7) is 2.01. The highest BCUT2D eigenvalue weighted by atomic mass is 16.5. The van der Waals surface area contributed by atoms with Crippen molar-refractivity contribution in [3.8, 4) is 5.75 Å². The van der Waals surface area contributed by atoms with E-state index in [1.807, 2.05) is 60.4 Å². The molecule has 0 aliphatic carbocycles. The molecule has 1 aromatic heterocycles. The molecule has 41 heavy (non-hydrogen) atoms. The van der Waals surface area contributed by atoms with E-state index in [9.17, 15) is 14.4 Å². The van der Waals surface area contributed by atoms with Crippen molar-refractivity contribution in [1.82, 2.24) is 4.98 Å². The van der Waals surface area contributed by atoms with Crippen LogP contribution in [0.25, 0.3) is 5.57 Å². The van der Waals surface area contributed by atoms with E-state index >= 15 is 0 Å². The molecule has 0 bridgehead atoms. The molecule has 4 aromatic rings. The molecular weight excluding hydrogens is 514 g/mol. The number of pyridine rings is 1. The minimum atomic E-state index is -1.36. The number of anilines is 2. The fourth-order valence-electron chi connectivity index (χ4n) is 7.03. The maximum Gasteiger partial charge on any atom is 0.238 e. The number of allylic oxidation sites excluding steroid dienone is 1. The van der Waals surface area contributed by atoms with Gasteiger partial charge in [0, 0.05) is 40.5 Å². The summed E-state index contributed by atoms with van der Waals surface area (Å²) in [5, 5.41) is 3.07. The number of nitrogens with one attached hydrogen (secondary N) is 1. The fraction of sp³-hybridized carbons (Fsp3) is 0.176. The summed E-state index contributed by atoms with van der Waals surface area (Å²) in [4.78, 5) is 50.0. The van der Waals surface area contributed by atoms with Gasteiger partial charge in [0.2, 0.25) is 5.91 Å². The van der Waals surface area contributed by atoms with Crippen LogP contribution in [0.2, 0.25) is 0 Å². The van der Waals surface area contributed by atoms with Gasteiger partial charge in [0.25, 0.3) is 0 Å². The molecule has 4 heterocycles. The Kier molecular flexibility index (Phi) is 5.64.